The van der Waals surface area contributed by atoms with Crippen LogP contribution in [0.4, 0.5) is 5.69 Å². The van der Waals surface area contributed by atoms with Gasteiger partial charge < -0.3 is 5.73 Å². The molecule has 0 aliphatic rings. The van der Waals surface area contributed by atoms with Gasteiger partial charge in [-0.15, -0.1) is 11.8 Å². The van der Waals surface area contributed by atoms with Gasteiger partial charge in [0.25, 0.3) is 0 Å². The minimum atomic E-state index is 0.881. The molecule has 1 aromatic carbocycles. The first kappa shape index (κ1) is 11.4. The molecule has 2 heteroatoms. The van der Waals surface area contributed by atoms with E-state index < -0.39 is 0 Å². The van der Waals surface area contributed by atoms with Crippen LogP contribution >= 0.6 is 11.8 Å². The van der Waals surface area contributed by atoms with Gasteiger partial charge in [0.15, 0.2) is 0 Å². The van der Waals surface area contributed by atoms with Crippen molar-refractivity contribution in [2.24, 2.45) is 0 Å². The number of aryl methyl sites for hydroxylation is 1. The van der Waals surface area contributed by atoms with Crippen molar-refractivity contribution in [1.82, 2.24) is 0 Å². The van der Waals surface area contributed by atoms with Crippen LogP contribution in [0.15, 0.2) is 23.1 Å². The molecule has 0 aliphatic heterocycles. The van der Waals surface area contributed by atoms with Crippen LogP contribution in [-0.2, 0) is 0 Å². The lowest BCUT2D eigenvalue weighted by Gasteiger charge is -2.00. The summed E-state index contributed by atoms with van der Waals surface area (Å²) in [7, 11) is 0. The number of hydrogen-bond acceptors (Lipinski definition) is 2. The Balaban J connectivity index is 0.000000561. The Bertz CT molecular complexity index is 233. The molecular formula is C10H17NS. The van der Waals surface area contributed by atoms with E-state index in [9.17, 15) is 0 Å². The quantitative estimate of drug-likeness (QED) is 0.534. The predicted octanol–water partition coefficient (Wildman–Crippen LogP) is 3.33. The summed E-state index contributed by atoms with van der Waals surface area (Å²) in [5.74, 6) is 0. The van der Waals surface area contributed by atoms with Gasteiger partial charge in [0.1, 0.15) is 0 Å². The largest absolute Gasteiger partial charge is 0.398 e. The summed E-state index contributed by atoms with van der Waals surface area (Å²) < 4.78 is 0. The van der Waals surface area contributed by atoms with Crippen molar-refractivity contribution in [3.05, 3.63) is 23.8 Å². The minimum Gasteiger partial charge on any atom is -0.398 e. The Morgan fingerprint density at radius 3 is 2.25 bits per heavy atom. The van der Waals surface area contributed by atoms with Crippen LogP contribution in [0.5, 0.6) is 0 Å². The molecule has 0 radical (unpaired) electrons. The molecule has 0 aromatic heterocycles. The van der Waals surface area contributed by atoms with Crippen molar-refractivity contribution in [2.45, 2.75) is 25.7 Å². The average molecular weight is 183 g/mol. The highest BCUT2D eigenvalue weighted by atomic mass is 32.2. The Labute approximate surface area is 79.4 Å². The molecule has 0 saturated carbocycles. The second kappa shape index (κ2) is 5.95. The Morgan fingerprint density at radius 1 is 1.25 bits per heavy atom. The summed E-state index contributed by atoms with van der Waals surface area (Å²) in [6.07, 6.45) is 2.05. The molecule has 2 N–H and O–H groups in total. The van der Waals surface area contributed by atoms with Crippen molar-refractivity contribution >= 4 is 17.4 Å². The van der Waals surface area contributed by atoms with Crippen LogP contribution in [-0.4, -0.2) is 6.26 Å². The molecular weight excluding hydrogens is 166 g/mol. The van der Waals surface area contributed by atoms with E-state index in [4.69, 9.17) is 5.73 Å². The number of thioether (sulfide) groups is 1. The molecule has 0 heterocycles. The van der Waals surface area contributed by atoms with E-state index in [1.165, 1.54) is 4.90 Å². The highest BCUT2D eigenvalue weighted by Gasteiger charge is 1.93. The molecule has 0 amide bonds. The molecule has 1 rings (SSSR count). The zero-order chi connectivity index (χ0) is 9.56. The fourth-order valence-corrected chi connectivity index (χ4v) is 1.19. The Hall–Kier alpha value is -0.630. The van der Waals surface area contributed by atoms with E-state index in [1.54, 1.807) is 11.8 Å². The number of benzene rings is 1. The summed E-state index contributed by atoms with van der Waals surface area (Å²) in [5, 5.41) is 0. The molecule has 0 bridgehead atoms. The smallest absolute Gasteiger partial charge is 0.0354 e. The van der Waals surface area contributed by atoms with Gasteiger partial charge in [-0.1, -0.05) is 19.9 Å². The number of nitrogens with two attached hydrogens (primary N) is 1. The average Bonchev–Trinajstić information content (AvgIpc) is 2.13. The molecule has 1 nitrogen and oxygen atoms in total. The van der Waals surface area contributed by atoms with Crippen LogP contribution < -0.4 is 5.73 Å². The molecule has 0 unspecified atom stereocenters. The van der Waals surface area contributed by atoms with Crippen molar-refractivity contribution in [2.75, 3.05) is 12.0 Å². The third-order valence-corrected chi connectivity index (χ3v) is 2.21. The van der Waals surface area contributed by atoms with Crippen molar-refractivity contribution in [1.29, 1.82) is 0 Å². The highest BCUT2D eigenvalue weighted by molar-refractivity contribution is 7.98. The highest BCUT2D eigenvalue weighted by Crippen LogP contribution is 2.19. The zero-order valence-corrected chi connectivity index (χ0v) is 9.03. The summed E-state index contributed by atoms with van der Waals surface area (Å²) in [6, 6.07) is 6.12. The standard InChI is InChI=1S/C8H11NS.C2H6/c1-6-3-4-7(10-2)5-8(6)9;1-2/h3-5H,9H2,1-2H3;1-2H3. The number of rotatable bonds is 1. The topological polar surface area (TPSA) is 26.0 Å². The van der Waals surface area contributed by atoms with Crippen molar-refractivity contribution in [3.8, 4) is 0 Å². The number of nitrogen functional groups attached to an aromatic ring is 1. The first-order valence-corrected chi connectivity index (χ1v) is 5.36. The molecule has 0 aliphatic carbocycles. The third kappa shape index (κ3) is 3.18. The molecule has 0 saturated heterocycles. The molecule has 68 valence electrons. The summed E-state index contributed by atoms with van der Waals surface area (Å²) in [5.41, 5.74) is 7.71. The van der Waals surface area contributed by atoms with Gasteiger partial charge in [0.05, 0.1) is 0 Å². The van der Waals surface area contributed by atoms with E-state index in [2.05, 4.69) is 6.07 Å². The normalized spacial score (nSPS) is 8.67. The van der Waals surface area contributed by atoms with E-state index >= 15 is 0 Å². The van der Waals surface area contributed by atoms with E-state index in [1.807, 2.05) is 39.2 Å². The van der Waals surface area contributed by atoms with Gasteiger partial charge in [0, 0.05) is 10.6 Å². The summed E-state index contributed by atoms with van der Waals surface area (Å²) >= 11 is 1.71. The lowest BCUT2D eigenvalue weighted by molar-refractivity contribution is 1.38. The fraction of sp³-hybridized carbons (Fsp3) is 0.400. The van der Waals surface area contributed by atoms with E-state index in [0.717, 1.165) is 11.3 Å². The Morgan fingerprint density at radius 2 is 1.83 bits per heavy atom. The maximum absolute atomic E-state index is 5.68. The van der Waals surface area contributed by atoms with Gasteiger partial charge in [-0.25, -0.2) is 0 Å². The zero-order valence-electron chi connectivity index (χ0n) is 8.22. The second-order valence-corrected chi connectivity index (χ2v) is 3.10. The number of hydrogen-bond donors (Lipinski definition) is 1. The Kier molecular flexibility index (Phi) is 5.64. The van der Waals surface area contributed by atoms with Crippen LogP contribution in [0.2, 0.25) is 0 Å². The first-order valence-electron chi connectivity index (χ1n) is 4.14. The lowest BCUT2D eigenvalue weighted by atomic mass is 10.2. The second-order valence-electron chi connectivity index (χ2n) is 2.22. The maximum atomic E-state index is 5.68. The lowest BCUT2D eigenvalue weighted by Crippen LogP contribution is -1.88. The first-order chi connectivity index (χ1) is 5.74. The molecule has 0 atom stereocenters. The SMILES string of the molecule is CC.CSc1ccc(C)c(N)c1. The maximum Gasteiger partial charge on any atom is 0.0354 e. The molecule has 0 spiro atoms. The van der Waals surface area contributed by atoms with Crippen LogP contribution in [0.3, 0.4) is 0 Å². The molecule has 1 aromatic rings. The minimum absolute atomic E-state index is 0.881. The van der Waals surface area contributed by atoms with Crippen molar-refractivity contribution < 1.29 is 0 Å². The molecule has 0 fully saturated rings. The number of anilines is 1. The van der Waals surface area contributed by atoms with Crippen LogP contribution in [0.1, 0.15) is 19.4 Å². The fourth-order valence-electron chi connectivity index (χ4n) is 0.746. The molecule has 12 heavy (non-hydrogen) atoms. The van der Waals surface area contributed by atoms with E-state index in [0.29, 0.717) is 0 Å². The summed E-state index contributed by atoms with van der Waals surface area (Å²) in [4.78, 5) is 1.23. The van der Waals surface area contributed by atoms with Gasteiger partial charge in [-0.2, -0.15) is 0 Å². The summed E-state index contributed by atoms with van der Waals surface area (Å²) in [6.45, 7) is 6.01. The van der Waals surface area contributed by atoms with Crippen LogP contribution in [0.25, 0.3) is 0 Å². The van der Waals surface area contributed by atoms with Crippen LogP contribution in [0, 0.1) is 6.92 Å². The third-order valence-electron chi connectivity index (χ3n) is 1.49. The predicted molar refractivity (Wildman–Crippen MR) is 58.7 cm³/mol. The monoisotopic (exact) mass is 183 g/mol. The van der Waals surface area contributed by atoms with Crippen molar-refractivity contribution in [3.63, 3.8) is 0 Å². The van der Waals surface area contributed by atoms with Gasteiger partial charge in [0.2, 0.25) is 0 Å². The van der Waals surface area contributed by atoms with Gasteiger partial charge in [-0.05, 0) is 30.9 Å². The van der Waals surface area contributed by atoms with Gasteiger partial charge >= 0.3 is 0 Å². The van der Waals surface area contributed by atoms with Gasteiger partial charge in [-0.3, -0.25) is 0 Å². The van der Waals surface area contributed by atoms with E-state index in [-0.39, 0.29) is 0 Å².